The number of fused-ring (bicyclic) bond motifs is 1. The molecular weight excluding hydrogens is 379 g/mol. The van der Waals surface area contributed by atoms with E-state index in [1.54, 1.807) is 18.2 Å². The van der Waals surface area contributed by atoms with Crippen LogP contribution < -0.4 is 10.1 Å². The van der Waals surface area contributed by atoms with Gasteiger partial charge in [0.1, 0.15) is 17.2 Å². The Morgan fingerprint density at radius 3 is 2.40 bits per heavy atom. The fraction of sp³-hybridized carbons (Fsp3) is 0.160. The average Bonchev–Trinajstić information content (AvgIpc) is 3.22. The number of pyridine rings is 1. The van der Waals surface area contributed by atoms with Gasteiger partial charge in [-0.3, -0.25) is 4.79 Å². The molecule has 5 heteroatoms. The zero-order valence-corrected chi connectivity index (χ0v) is 16.9. The van der Waals surface area contributed by atoms with Crippen molar-refractivity contribution in [3.05, 3.63) is 108 Å². The summed E-state index contributed by atoms with van der Waals surface area (Å²) in [5.74, 6) is 0.219. The van der Waals surface area contributed by atoms with Gasteiger partial charge in [0.15, 0.2) is 0 Å². The normalized spacial score (nSPS) is 11.4. The molecule has 1 amide bonds. The van der Waals surface area contributed by atoms with Crippen LogP contribution in [-0.4, -0.2) is 10.3 Å². The summed E-state index contributed by atoms with van der Waals surface area (Å²) < 4.78 is 22.1. The lowest BCUT2D eigenvalue weighted by Gasteiger charge is -2.27. The van der Waals surface area contributed by atoms with Gasteiger partial charge in [-0.1, -0.05) is 30.3 Å². The standard InChI is InChI=1S/C25H23FN2O2/c1-25(2,21-8-3-4-9-22(21)26)30-19-13-11-18(12-14-19)17-27-24(29)20-7-5-15-28-16-6-10-23(20)28/h3-16H,17H2,1-2H3,(H,27,29). The summed E-state index contributed by atoms with van der Waals surface area (Å²) in [4.78, 5) is 12.6. The molecular formula is C25H23FN2O2. The molecule has 0 fully saturated rings. The van der Waals surface area contributed by atoms with Gasteiger partial charge in [0.05, 0.1) is 11.1 Å². The van der Waals surface area contributed by atoms with Crippen LogP contribution in [0.15, 0.2) is 85.2 Å². The molecule has 4 rings (SSSR count). The topological polar surface area (TPSA) is 42.7 Å². The molecule has 30 heavy (non-hydrogen) atoms. The number of benzene rings is 2. The maximum atomic E-state index is 14.1. The van der Waals surface area contributed by atoms with E-state index in [0.717, 1.165) is 11.1 Å². The van der Waals surface area contributed by atoms with Crippen LogP contribution >= 0.6 is 0 Å². The summed E-state index contributed by atoms with van der Waals surface area (Å²) in [5, 5.41) is 2.96. The second-order valence-electron chi connectivity index (χ2n) is 7.64. The number of ether oxygens (including phenoxy) is 1. The largest absolute Gasteiger partial charge is 0.483 e. The van der Waals surface area contributed by atoms with Gasteiger partial charge < -0.3 is 14.5 Å². The highest BCUT2D eigenvalue weighted by molar-refractivity contribution is 6.00. The van der Waals surface area contributed by atoms with Gasteiger partial charge in [-0.25, -0.2) is 4.39 Å². The first-order chi connectivity index (χ1) is 14.4. The Balaban J connectivity index is 1.41. The maximum absolute atomic E-state index is 14.1. The van der Waals surface area contributed by atoms with Crippen molar-refractivity contribution in [1.82, 2.24) is 9.72 Å². The highest BCUT2D eigenvalue weighted by Crippen LogP contribution is 2.29. The third kappa shape index (κ3) is 4.06. The number of hydrogen-bond acceptors (Lipinski definition) is 2. The van der Waals surface area contributed by atoms with E-state index in [1.807, 2.05) is 79.2 Å². The first kappa shape index (κ1) is 19.7. The molecule has 0 atom stereocenters. The predicted octanol–water partition coefficient (Wildman–Crippen LogP) is 5.32. The molecule has 0 bridgehead atoms. The second-order valence-corrected chi connectivity index (χ2v) is 7.64. The maximum Gasteiger partial charge on any atom is 0.253 e. The molecule has 0 spiro atoms. The van der Waals surface area contributed by atoms with Crippen LogP contribution in [0.1, 0.15) is 35.3 Å². The molecule has 0 radical (unpaired) electrons. The lowest BCUT2D eigenvalue weighted by atomic mass is 9.97. The summed E-state index contributed by atoms with van der Waals surface area (Å²) in [6, 6.07) is 21.6. The highest BCUT2D eigenvalue weighted by atomic mass is 19.1. The van der Waals surface area contributed by atoms with E-state index < -0.39 is 5.60 Å². The van der Waals surface area contributed by atoms with Gasteiger partial charge >= 0.3 is 0 Å². The molecule has 0 saturated heterocycles. The SMILES string of the molecule is CC(C)(Oc1ccc(CNC(=O)c2cccn3cccc23)cc1)c1ccccc1F. The number of rotatable bonds is 6. The number of carbonyl (C=O) groups is 1. The minimum atomic E-state index is -0.809. The van der Waals surface area contributed by atoms with Crippen LogP contribution in [0.25, 0.3) is 5.52 Å². The first-order valence-corrected chi connectivity index (χ1v) is 9.81. The molecule has 0 unspecified atom stereocenters. The van der Waals surface area contributed by atoms with E-state index in [9.17, 15) is 9.18 Å². The van der Waals surface area contributed by atoms with E-state index in [0.29, 0.717) is 23.4 Å². The molecule has 0 aliphatic heterocycles. The summed E-state index contributed by atoms with van der Waals surface area (Å²) in [6.07, 6.45) is 3.82. The molecule has 152 valence electrons. The molecule has 2 aromatic heterocycles. The first-order valence-electron chi connectivity index (χ1n) is 9.81. The molecule has 0 aliphatic carbocycles. The lowest BCUT2D eigenvalue weighted by Crippen LogP contribution is -2.26. The van der Waals surface area contributed by atoms with Crippen molar-refractivity contribution in [2.24, 2.45) is 0 Å². The second kappa shape index (κ2) is 8.03. The molecule has 4 nitrogen and oxygen atoms in total. The third-order valence-corrected chi connectivity index (χ3v) is 5.08. The Morgan fingerprint density at radius 2 is 1.67 bits per heavy atom. The summed E-state index contributed by atoms with van der Waals surface area (Å²) in [7, 11) is 0. The Labute approximate surface area is 174 Å². The molecule has 1 N–H and O–H groups in total. The molecule has 2 aromatic carbocycles. The van der Waals surface area contributed by atoms with Gasteiger partial charge in [-0.15, -0.1) is 0 Å². The van der Waals surface area contributed by atoms with E-state index in [1.165, 1.54) is 6.07 Å². The van der Waals surface area contributed by atoms with Gasteiger partial charge in [0.2, 0.25) is 0 Å². The summed E-state index contributed by atoms with van der Waals surface area (Å²) in [6.45, 7) is 4.07. The molecule has 0 saturated carbocycles. The van der Waals surface area contributed by atoms with E-state index in [2.05, 4.69) is 5.32 Å². The minimum absolute atomic E-state index is 0.125. The van der Waals surface area contributed by atoms with Gasteiger partial charge in [-0.05, 0) is 61.9 Å². The third-order valence-electron chi connectivity index (χ3n) is 5.08. The zero-order valence-electron chi connectivity index (χ0n) is 16.9. The van der Waals surface area contributed by atoms with Crippen molar-refractivity contribution in [1.29, 1.82) is 0 Å². The van der Waals surface area contributed by atoms with Crippen molar-refractivity contribution in [3.8, 4) is 5.75 Å². The van der Waals surface area contributed by atoms with Crippen molar-refractivity contribution < 1.29 is 13.9 Å². The van der Waals surface area contributed by atoms with Crippen LogP contribution in [0.5, 0.6) is 5.75 Å². The Hall–Kier alpha value is -3.60. The number of nitrogens with zero attached hydrogens (tertiary/aromatic N) is 1. The van der Waals surface area contributed by atoms with E-state index in [-0.39, 0.29) is 11.7 Å². The zero-order chi connectivity index (χ0) is 21.1. The van der Waals surface area contributed by atoms with Crippen LogP contribution in [0.3, 0.4) is 0 Å². The number of amides is 1. The minimum Gasteiger partial charge on any atom is -0.483 e. The van der Waals surface area contributed by atoms with Crippen LogP contribution in [0, 0.1) is 5.82 Å². The van der Waals surface area contributed by atoms with Gasteiger partial charge in [0.25, 0.3) is 5.91 Å². The fourth-order valence-electron chi connectivity index (χ4n) is 3.51. The number of nitrogens with one attached hydrogen (secondary N) is 1. The lowest BCUT2D eigenvalue weighted by molar-refractivity contribution is 0.0952. The quantitative estimate of drug-likeness (QED) is 0.474. The van der Waals surface area contributed by atoms with E-state index >= 15 is 0 Å². The number of aromatic nitrogens is 1. The van der Waals surface area contributed by atoms with Crippen molar-refractivity contribution >= 4 is 11.4 Å². The fourth-order valence-corrected chi connectivity index (χ4v) is 3.51. The van der Waals surface area contributed by atoms with Crippen molar-refractivity contribution in [2.45, 2.75) is 26.0 Å². The van der Waals surface area contributed by atoms with Crippen LogP contribution in [-0.2, 0) is 12.1 Å². The van der Waals surface area contributed by atoms with Crippen LogP contribution in [0.2, 0.25) is 0 Å². The number of carbonyl (C=O) groups excluding carboxylic acids is 1. The summed E-state index contributed by atoms with van der Waals surface area (Å²) in [5.41, 5.74) is 2.14. The van der Waals surface area contributed by atoms with E-state index in [4.69, 9.17) is 4.74 Å². The summed E-state index contributed by atoms with van der Waals surface area (Å²) >= 11 is 0. The number of hydrogen-bond donors (Lipinski definition) is 1. The number of halogens is 1. The molecule has 4 aromatic rings. The van der Waals surface area contributed by atoms with Crippen LogP contribution in [0.4, 0.5) is 4.39 Å². The monoisotopic (exact) mass is 402 g/mol. The molecule has 0 aliphatic rings. The molecule has 2 heterocycles. The Bertz CT molecular complexity index is 1180. The highest BCUT2D eigenvalue weighted by Gasteiger charge is 2.25. The average molecular weight is 402 g/mol. The van der Waals surface area contributed by atoms with Gasteiger partial charge in [0, 0.05) is 24.5 Å². The predicted molar refractivity (Wildman–Crippen MR) is 115 cm³/mol. The Morgan fingerprint density at radius 1 is 0.967 bits per heavy atom. The smallest absolute Gasteiger partial charge is 0.253 e. The van der Waals surface area contributed by atoms with Crippen molar-refractivity contribution in [2.75, 3.05) is 0 Å². The van der Waals surface area contributed by atoms with Crippen molar-refractivity contribution in [3.63, 3.8) is 0 Å². The Kier molecular flexibility index (Phi) is 5.27. The van der Waals surface area contributed by atoms with Gasteiger partial charge in [-0.2, -0.15) is 0 Å².